The van der Waals surface area contributed by atoms with Crippen LogP contribution in [0.25, 0.3) is 0 Å². The first-order valence-corrected chi connectivity index (χ1v) is 8.65. The van der Waals surface area contributed by atoms with E-state index in [9.17, 15) is 25.0 Å². The number of benzene rings is 2. The van der Waals surface area contributed by atoms with E-state index < -0.39 is 15.8 Å². The number of nitrogens with zero attached hydrogens (tertiary/aromatic N) is 3. The minimum absolute atomic E-state index is 0.0379. The van der Waals surface area contributed by atoms with Gasteiger partial charge in [0.05, 0.1) is 41.5 Å². The van der Waals surface area contributed by atoms with E-state index in [1.807, 2.05) is 4.90 Å². The highest BCUT2D eigenvalue weighted by atomic mass is 16.6. The van der Waals surface area contributed by atoms with Crippen molar-refractivity contribution < 1.29 is 24.1 Å². The maximum absolute atomic E-state index is 12.7. The lowest BCUT2D eigenvalue weighted by atomic mass is 10.1. The molecule has 0 saturated carbocycles. The zero-order chi connectivity index (χ0) is 21.0. The summed E-state index contributed by atoms with van der Waals surface area (Å²) in [4.78, 5) is 35.8. The van der Waals surface area contributed by atoms with Crippen molar-refractivity contribution >= 4 is 28.7 Å². The Labute approximate surface area is 165 Å². The quantitative estimate of drug-likeness (QED) is 0.575. The van der Waals surface area contributed by atoms with E-state index in [1.54, 1.807) is 0 Å². The molecule has 1 amide bonds. The van der Waals surface area contributed by atoms with Gasteiger partial charge in [-0.25, -0.2) is 0 Å². The number of morpholine rings is 1. The molecule has 0 unspecified atom stereocenters. The molecule has 1 fully saturated rings. The molecule has 1 aliphatic heterocycles. The first-order valence-electron chi connectivity index (χ1n) is 8.65. The fourth-order valence-electron chi connectivity index (χ4n) is 2.97. The summed E-state index contributed by atoms with van der Waals surface area (Å²) in [5.74, 6) is -0.546. The highest BCUT2D eigenvalue weighted by Crippen LogP contribution is 2.32. The molecule has 11 nitrogen and oxygen atoms in total. The van der Waals surface area contributed by atoms with Crippen molar-refractivity contribution in [2.75, 3.05) is 43.6 Å². The number of carbonyl (C=O) groups is 1. The molecule has 1 aliphatic rings. The fourth-order valence-corrected chi connectivity index (χ4v) is 2.97. The van der Waals surface area contributed by atoms with E-state index in [1.165, 1.54) is 37.4 Å². The predicted octanol–water partition coefficient (Wildman–Crippen LogP) is 2.60. The van der Waals surface area contributed by atoms with Crippen LogP contribution in [0.2, 0.25) is 0 Å². The number of nitrogens with one attached hydrogen (secondary N) is 1. The van der Waals surface area contributed by atoms with Crippen LogP contribution < -0.4 is 15.0 Å². The third-order valence-electron chi connectivity index (χ3n) is 4.43. The first kappa shape index (κ1) is 20.0. The second-order valence-electron chi connectivity index (χ2n) is 6.16. The number of nitro groups is 2. The van der Waals surface area contributed by atoms with Crippen LogP contribution in [0, 0.1) is 20.2 Å². The number of amides is 1. The molecule has 3 rings (SSSR count). The summed E-state index contributed by atoms with van der Waals surface area (Å²) in [6, 6.07) is 7.98. The summed E-state index contributed by atoms with van der Waals surface area (Å²) >= 11 is 0. The highest BCUT2D eigenvalue weighted by Gasteiger charge is 2.22. The summed E-state index contributed by atoms with van der Waals surface area (Å²) < 4.78 is 10.2. The van der Waals surface area contributed by atoms with Crippen molar-refractivity contribution in [3.63, 3.8) is 0 Å². The summed E-state index contributed by atoms with van der Waals surface area (Å²) in [7, 11) is 1.30. The molecular weight excluding hydrogens is 384 g/mol. The number of hydrogen-bond donors (Lipinski definition) is 1. The third kappa shape index (κ3) is 4.41. The summed E-state index contributed by atoms with van der Waals surface area (Å²) in [5, 5.41) is 25.0. The minimum Gasteiger partial charge on any atom is -0.490 e. The number of methoxy groups -OCH3 is 1. The standard InChI is InChI=1S/C18H18N4O7/c1-28-17-5-2-12(10-16(17)22(26)27)18(23)19-14-4-3-13(21(24)25)11-15(14)20-6-8-29-9-7-20/h2-5,10-11H,6-9H2,1H3,(H,19,23). The van der Waals surface area contributed by atoms with Crippen LogP contribution in [-0.4, -0.2) is 49.2 Å². The van der Waals surface area contributed by atoms with Gasteiger partial charge in [0.25, 0.3) is 11.6 Å². The van der Waals surface area contributed by atoms with E-state index in [0.717, 1.165) is 6.07 Å². The van der Waals surface area contributed by atoms with Gasteiger partial charge in [-0.15, -0.1) is 0 Å². The normalized spacial score (nSPS) is 13.6. The number of nitro benzene ring substituents is 2. The van der Waals surface area contributed by atoms with Crippen LogP contribution in [0.3, 0.4) is 0 Å². The summed E-state index contributed by atoms with van der Waals surface area (Å²) in [5.41, 5.74) is 0.463. The number of carbonyl (C=O) groups excluding carboxylic acids is 1. The molecule has 0 atom stereocenters. The van der Waals surface area contributed by atoms with Crippen LogP contribution in [0.4, 0.5) is 22.7 Å². The Balaban J connectivity index is 1.92. The minimum atomic E-state index is -0.638. The molecular formula is C18H18N4O7. The van der Waals surface area contributed by atoms with E-state index in [4.69, 9.17) is 9.47 Å². The largest absolute Gasteiger partial charge is 0.490 e. The molecule has 1 saturated heterocycles. The molecule has 1 heterocycles. The van der Waals surface area contributed by atoms with E-state index >= 15 is 0 Å². The van der Waals surface area contributed by atoms with Crippen molar-refractivity contribution in [2.24, 2.45) is 0 Å². The summed E-state index contributed by atoms with van der Waals surface area (Å²) in [6.45, 7) is 1.94. The molecule has 2 aromatic carbocycles. The Morgan fingerprint density at radius 2 is 1.83 bits per heavy atom. The number of anilines is 2. The lowest BCUT2D eigenvalue weighted by molar-refractivity contribution is -0.385. The van der Waals surface area contributed by atoms with Crippen molar-refractivity contribution in [3.05, 3.63) is 62.2 Å². The van der Waals surface area contributed by atoms with Gasteiger partial charge in [0.1, 0.15) is 0 Å². The average Bonchev–Trinajstić information content (AvgIpc) is 2.73. The second-order valence-corrected chi connectivity index (χ2v) is 6.16. The number of non-ortho nitro benzene ring substituents is 1. The Kier molecular flexibility index (Phi) is 5.88. The van der Waals surface area contributed by atoms with Crippen molar-refractivity contribution in [1.29, 1.82) is 0 Å². The van der Waals surface area contributed by atoms with Crippen LogP contribution in [-0.2, 0) is 4.74 Å². The van der Waals surface area contributed by atoms with Crippen molar-refractivity contribution in [2.45, 2.75) is 0 Å². The molecule has 0 spiro atoms. The van der Waals surface area contributed by atoms with Crippen LogP contribution in [0.15, 0.2) is 36.4 Å². The fraction of sp³-hybridized carbons (Fsp3) is 0.278. The first-order chi connectivity index (χ1) is 13.9. The van der Waals surface area contributed by atoms with Crippen molar-refractivity contribution in [1.82, 2.24) is 0 Å². The average molecular weight is 402 g/mol. The lowest BCUT2D eigenvalue weighted by Gasteiger charge is -2.30. The van der Waals surface area contributed by atoms with Gasteiger partial charge in [-0.2, -0.15) is 0 Å². The molecule has 0 aromatic heterocycles. The van der Waals surface area contributed by atoms with Gasteiger partial charge in [0.15, 0.2) is 5.75 Å². The third-order valence-corrected chi connectivity index (χ3v) is 4.43. The SMILES string of the molecule is COc1ccc(C(=O)Nc2ccc([N+](=O)[O-])cc2N2CCOCC2)cc1[N+](=O)[O-]. The molecule has 29 heavy (non-hydrogen) atoms. The molecule has 2 aromatic rings. The predicted molar refractivity (Wildman–Crippen MR) is 104 cm³/mol. The molecule has 11 heteroatoms. The highest BCUT2D eigenvalue weighted by molar-refractivity contribution is 6.06. The zero-order valence-electron chi connectivity index (χ0n) is 15.5. The number of hydrogen-bond acceptors (Lipinski definition) is 8. The summed E-state index contributed by atoms with van der Waals surface area (Å²) in [6.07, 6.45) is 0. The van der Waals surface area contributed by atoms with E-state index in [2.05, 4.69) is 5.32 Å². The van der Waals surface area contributed by atoms with Gasteiger partial charge in [-0.1, -0.05) is 0 Å². The number of rotatable bonds is 6. The Morgan fingerprint density at radius 3 is 2.45 bits per heavy atom. The smallest absolute Gasteiger partial charge is 0.311 e. The topological polar surface area (TPSA) is 137 Å². The van der Waals surface area contributed by atoms with Gasteiger partial charge in [-0.3, -0.25) is 25.0 Å². The van der Waals surface area contributed by atoms with Crippen molar-refractivity contribution in [3.8, 4) is 5.75 Å². The van der Waals surface area contributed by atoms with Crippen LogP contribution in [0.5, 0.6) is 5.75 Å². The molecule has 1 N–H and O–H groups in total. The van der Waals surface area contributed by atoms with E-state index in [0.29, 0.717) is 37.7 Å². The van der Waals surface area contributed by atoms with Crippen LogP contribution in [0.1, 0.15) is 10.4 Å². The molecule has 0 bridgehead atoms. The molecule has 0 radical (unpaired) electrons. The maximum Gasteiger partial charge on any atom is 0.311 e. The van der Waals surface area contributed by atoms with E-state index in [-0.39, 0.29) is 22.7 Å². The Morgan fingerprint density at radius 1 is 1.10 bits per heavy atom. The molecule has 152 valence electrons. The van der Waals surface area contributed by atoms with Gasteiger partial charge in [0.2, 0.25) is 0 Å². The van der Waals surface area contributed by atoms with Gasteiger partial charge in [-0.05, 0) is 18.2 Å². The lowest BCUT2D eigenvalue weighted by Crippen LogP contribution is -2.36. The monoisotopic (exact) mass is 402 g/mol. The van der Waals surface area contributed by atoms with Gasteiger partial charge < -0.3 is 19.7 Å². The zero-order valence-corrected chi connectivity index (χ0v) is 15.5. The van der Waals surface area contributed by atoms with Gasteiger partial charge in [0, 0.05) is 36.9 Å². The van der Waals surface area contributed by atoms with Crippen LogP contribution >= 0.6 is 0 Å². The number of ether oxygens (including phenoxy) is 2. The molecule has 0 aliphatic carbocycles. The Hall–Kier alpha value is -3.73. The van der Waals surface area contributed by atoms with Gasteiger partial charge >= 0.3 is 5.69 Å². The second kappa shape index (κ2) is 8.52. The Bertz CT molecular complexity index is 957. The maximum atomic E-state index is 12.7.